The molecular weight excluding hydrogens is 1280 g/mol. The number of carboxylic acids is 1. The molecule has 0 aromatic heterocycles. The Labute approximate surface area is 570 Å². The Kier molecular flexibility index (Phi) is 41.8. The van der Waals surface area contributed by atoms with Crippen LogP contribution in [0, 0.1) is 0 Å². The van der Waals surface area contributed by atoms with Gasteiger partial charge >= 0.3 is 5.97 Å². The first-order chi connectivity index (χ1) is 46.6. The zero-order valence-corrected chi connectivity index (χ0v) is 57.2. The predicted molar refractivity (Wildman–Crippen MR) is 347 cm³/mol. The Morgan fingerprint density at radius 2 is 1.04 bits per heavy atom. The average Bonchev–Trinajstić information content (AvgIpc) is 0.752. The number of aliphatic hydroxyl groups excluding tert-OH is 14. The number of aliphatic carboxylic acids is 1. The number of allylic oxidation sites excluding steroid dienone is 1. The van der Waals surface area contributed by atoms with Gasteiger partial charge in [0.1, 0.15) is 98.1 Å². The molecule has 0 aromatic carbocycles. The van der Waals surface area contributed by atoms with E-state index in [1.165, 1.54) is 109 Å². The first kappa shape index (κ1) is 86.1. The van der Waals surface area contributed by atoms with E-state index in [4.69, 9.17) is 37.9 Å². The van der Waals surface area contributed by atoms with E-state index in [0.717, 1.165) is 58.3 Å². The number of hydrogen-bond acceptors (Lipinski definition) is 26. The minimum atomic E-state index is -3.34. The smallest absolute Gasteiger partial charge is 0.364 e. The normalized spacial score (nSPS) is 32.1. The fourth-order valence-electron chi connectivity index (χ4n) is 12.8. The van der Waals surface area contributed by atoms with Gasteiger partial charge in [0.2, 0.25) is 17.7 Å². The lowest BCUT2D eigenvalue weighted by Gasteiger charge is -2.52. The minimum Gasteiger partial charge on any atom is -0.477 e. The van der Waals surface area contributed by atoms with Crippen molar-refractivity contribution in [3.63, 3.8) is 0 Å². The number of hydrogen-bond donors (Lipinski definition) is 18. The van der Waals surface area contributed by atoms with Crippen LogP contribution < -0.4 is 16.0 Å². The lowest BCUT2D eigenvalue weighted by molar-refractivity contribution is -0.401. The molecule has 4 aliphatic rings. The van der Waals surface area contributed by atoms with Crippen LogP contribution >= 0.6 is 0 Å². The van der Waals surface area contributed by atoms with Crippen LogP contribution in [0.3, 0.4) is 0 Å². The topological polar surface area (TPSA) is 482 Å². The van der Waals surface area contributed by atoms with Gasteiger partial charge in [0.15, 0.2) is 18.9 Å². The second-order valence-corrected chi connectivity index (χ2v) is 26.5. The van der Waals surface area contributed by atoms with E-state index in [1.807, 2.05) is 6.08 Å². The van der Waals surface area contributed by atoms with Crippen molar-refractivity contribution in [1.29, 1.82) is 0 Å². The van der Waals surface area contributed by atoms with Crippen molar-refractivity contribution in [2.75, 3.05) is 39.6 Å². The van der Waals surface area contributed by atoms with Crippen molar-refractivity contribution < 1.29 is 134 Å². The molecule has 0 aliphatic carbocycles. The number of carbonyl (C=O) groups excluding carboxylic acids is 3. The van der Waals surface area contributed by atoms with Crippen molar-refractivity contribution in [2.24, 2.45) is 0 Å². The van der Waals surface area contributed by atoms with Crippen LogP contribution in [0.1, 0.15) is 207 Å². The molecule has 566 valence electrons. The summed E-state index contributed by atoms with van der Waals surface area (Å²) in [4.78, 5) is 52.0. The van der Waals surface area contributed by atoms with E-state index in [9.17, 15) is 95.8 Å². The third kappa shape index (κ3) is 28.1. The number of rotatable bonds is 50. The van der Waals surface area contributed by atoms with Gasteiger partial charge in [-0.15, -0.1) is 0 Å². The number of carbonyl (C=O) groups is 4. The molecule has 4 heterocycles. The van der Waals surface area contributed by atoms with E-state index in [2.05, 4.69) is 29.8 Å². The van der Waals surface area contributed by atoms with E-state index < -0.39 is 204 Å². The molecule has 23 atom stereocenters. The molecular formula is C67H121N3O27. The summed E-state index contributed by atoms with van der Waals surface area (Å²) >= 11 is 0. The second-order valence-electron chi connectivity index (χ2n) is 26.5. The zero-order chi connectivity index (χ0) is 71.5. The molecule has 4 fully saturated rings. The SMILES string of the molecule is CCCCCCCCCCCCC/C=C/[C@@H](O)[C@H](CO[C@@H]1OC(CO)[C@@H](O[C@@H]2OC(CO)[C@H](O[C@@H]3OC(CO)[C@H](O)[C@H](O)C3NC(C)=O)[C@H](O[C@]3(C(=O)O)CC(O)[C@@H](NC(=O)CO)C([C@H](O)[C@H](O)CO)O3)C2O)[C@H](O)C1O)NC(=O)CCCCCCCCCCCCCCCCC. The Hall–Kier alpha value is -3.26. The van der Waals surface area contributed by atoms with Crippen LogP contribution in [0.5, 0.6) is 0 Å². The van der Waals surface area contributed by atoms with Gasteiger partial charge < -0.3 is 130 Å². The van der Waals surface area contributed by atoms with Gasteiger partial charge in [-0.2, -0.15) is 0 Å². The Bertz CT molecular complexity index is 2200. The minimum absolute atomic E-state index is 0.154. The molecule has 0 aromatic rings. The summed E-state index contributed by atoms with van der Waals surface area (Å²) in [5, 5.41) is 172. The predicted octanol–water partition coefficient (Wildman–Crippen LogP) is 0.106. The molecule has 4 aliphatic heterocycles. The lowest BCUT2D eigenvalue weighted by Crippen LogP contribution is -2.72. The molecule has 30 nitrogen and oxygen atoms in total. The average molecular weight is 1400 g/mol. The van der Waals surface area contributed by atoms with Crippen LogP contribution in [-0.4, -0.2) is 280 Å². The molecule has 18 N–H and O–H groups in total. The van der Waals surface area contributed by atoms with Crippen molar-refractivity contribution in [1.82, 2.24) is 16.0 Å². The maximum atomic E-state index is 13.6. The first-order valence-electron chi connectivity index (χ1n) is 35.7. The highest BCUT2D eigenvalue weighted by Gasteiger charge is 2.62. The molecule has 0 spiro atoms. The van der Waals surface area contributed by atoms with Crippen LogP contribution in [0.25, 0.3) is 0 Å². The number of ether oxygens (including phenoxy) is 8. The molecule has 3 amide bonds. The van der Waals surface area contributed by atoms with Gasteiger partial charge in [-0.3, -0.25) is 14.4 Å². The standard InChI is InChI=1S/C67H121N3O27/c1-4-6-8-10-12-14-16-18-19-21-23-25-27-29-31-33-49(80)69-42(43(77)32-30-28-26-24-22-20-17-15-13-11-9-7-5-2)40-90-64-57(86)56(85)59(47(37-73)92-64)94-65-58(87)62(60(48(38-74)93-65)95-63-52(68-41(3)76)55(84)54(83)46(36-72)91-63)97-67(66(88)89)34-44(78)51(70-50(81)39-75)61(96-67)53(82)45(79)35-71/h30,32,42-48,51-65,71-75,77-79,82-87H,4-29,31,33-40H2,1-3H3,(H,68,76)(H,69,80)(H,70,81)(H,88,89)/b32-30+/t42-,43+,44?,45+,46?,47?,48?,51+,52?,53+,54-,55+,56+,57?,58?,59+,60-,61?,62+,63-,64+,65-,67-/m0/s1. The third-order valence-corrected chi connectivity index (χ3v) is 18.6. The molecule has 0 radical (unpaired) electrons. The van der Waals surface area contributed by atoms with Crippen LogP contribution in [0.15, 0.2) is 12.2 Å². The Morgan fingerprint density at radius 3 is 1.55 bits per heavy atom. The van der Waals surface area contributed by atoms with Gasteiger partial charge in [-0.25, -0.2) is 4.79 Å². The van der Waals surface area contributed by atoms with Crippen LogP contribution in [0.4, 0.5) is 0 Å². The largest absolute Gasteiger partial charge is 0.477 e. The van der Waals surface area contributed by atoms with Crippen molar-refractivity contribution >= 4 is 23.7 Å². The summed E-state index contributed by atoms with van der Waals surface area (Å²) in [6.45, 7) is -0.603. The van der Waals surface area contributed by atoms with Gasteiger partial charge in [0.05, 0.1) is 57.3 Å². The monoisotopic (exact) mass is 1400 g/mol. The molecule has 0 bridgehead atoms. The van der Waals surface area contributed by atoms with E-state index >= 15 is 0 Å². The van der Waals surface area contributed by atoms with E-state index in [-0.39, 0.29) is 12.3 Å². The zero-order valence-electron chi connectivity index (χ0n) is 57.2. The summed E-state index contributed by atoms with van der Waals surface area (Å²) in [7, 11) is 0. The highest BCUT2D eigenvalue weighted by Crippen LogP contribution is 2.40. The fourth-order valence-corrected chi connectivity index (χ4v) is 12.8. The fraction of sp³-hybridized carbons (Fsp3) is 0.910. The summed E-state index contributed by atoms with van der Waals surface area (Å²) < 4.78 is 47.8. The molecule has 97 heavy (non-hydrogen) atoms. The molecule has 0 saturated carbocycles. The number of nitrogens with one attached hydrogen (secondary N) is 3. The third-order valence-electron chi connectivity index (χ3n) is 18.6. The summed E-state index contributed by atoms with van der Waals surface area (Å²) in [6.07, 6.45) is -5.57. The second kappa shape index (κ2) is 47.1. The van der Waals surface area contributed by atoms with Crippen LogP contribution in [0.2, 0.25) is 0 Å². The van der Waals surface area contributed by atoms with Crippen molar-refractivity contribution in [2.45, 2.75) is 347 Å². The Morgan fingerprint density at radius 1 is 0.546 bits per heavy atom. The van der Waals surface area contributed by atoms with Gasteiger partial charge in [0, 0.05) is 19.8 Å². The number of aliphatic hydroxyl groups is 14. The maximum absolute atomic E-state index is 13.6. The number of amides is 3. The molecule has 4 saturated heterocycles. The highest BCUT2D eigenvalue weighted by molar-refractivity contribution is 5.78. The van der Waals surface area contributed by atoms with Crippen molar-refractivity contribution in [3.05, 3.63) is 12.2 Å². The summed E-state index contributed by atoms with van der Waals surface area (Å²) in [6, 6.07) is -4.70. The van der Waals surface area contributed by atoms with Gasteiger partial charge in [0.25, 0.3) is 5.79 Å². The quantitative estimate of drug-likeness (QED) is 0.0284. The highest BCUT2D eigenvalue weighted by atomic mass is 16.8. The first-order valence-corrected chi connectivity index (χ1v) is 35.7. The molecule has 8 unspecified atom stereocenters. The molecule has 4 rings (SSSR count). The van der Waals surface area contributed by atoms with Crippen molar-refractivity contribution in [3.8, 4) is 0 Å². The lowest BCUT2D eigenvalue weighted by atomic mass is 9.88. The maximum Gasteiger partial charge on any atom is 0.364 e. The Balaban J connectivity index is 1.55. The van der Waals surface area contributed by atoms with E-state index in [1.54, 1.807) is 6.08 Å². The summed E-state index contributed by atoms with van der Waals surface area (Å²) in [5.41, 5.74) is 0. The van der Waals surface area contributed by atoms with E-state index in [0.29, 0.717) is 12.8 Å². The van der Waals surface area contributed by atoms with Crippen LogP contribution in [-0.2, 0) is 57.1 Å². The van der Waals surface area contributed by atoms with Gasteiger partial charge in [-0.1, -0.05) is 180 Å². The molecule has 30 heteroatoms. The number of unbranched alkanes of at least 4 members (excludes halogenated alkanes) is 25. The number of carboxylic acid groups (broad SMARTS) is 1. The van der Waals surface area contributed by atoms with Gasteiger partial charge in [-0.05, 0) is 19.3 Å². The summed E-state index contributed by atoms with van der Waals surface area (Å²) in [5.74, 6) is -7.85.